The Morgan fingerprint density at radius 3 is 0.846 bits per heavy atom. The van der Waals surface area contributed by atoms with E-state index in [1.54, 1.807) is 55.4 Å². The molecule has 0 aliphatic heterocycles. The number of carbonyl (C=O) groups excluding carboxylic acids is 8. The van der Waals surface area contributed by atoms with E-state index in [-0.39, 0.29) is 0 Å². The molecule has 0 fully saturated rings. The quantitative estimate of drug-likeness (QED) is 0.131. The third-order valence-electron chi connectivity index (χ3n) is 6.67. The molecule has 0 bridgehead atoms. The van der Waals surface area contributed by atoms with E-state index < -0.39 is 118 Å². The van der Waals surface area contributed by atoms with Gasteiger partial charge in [0.1, 0.15) is 0 Å². The van der Waals surface area contributed by atoms with Crippen LogP contribution in [0.25, 0.3) is 0 Å². The molecule has 0 rings (SSSR count). The molecular weight excluding hydrogens is 703 g/mol. The zero-order valence-electron chi connectivity index (χ0n) is 25.0. The minimum atomic E-state index is -3.13. The molecule has 0 unspecified atom stereocenters. The van der Waals surface area contributed by atoms with Gasteiger partial charge in [-0.1, -0.05) is 0 Å². The van der Waals surface area contributed by atoms with Gasteiger partial charge in [-0.05, 0) is 0 Å². The predicted octanol–water partition coefficient (Wildman–Crippen LogP) is 2.93. The second-order valence-corrected chi connectivity index (χ2v) is 14.3. The number of hydrogen-bond acceptors (Lipinski definition) is 10. The van der Waals surface area contributed by atoms with Crippen molar-refractivity contribution in [1.82, 2.24) is 0 Å². The summed E-state index contributed by atoms with van der Waals surface area (Å²) in [6.07, 6.45) is 0. The summed E-state index contributed by atoms with van der Waals surface area (Å²) in [6.45, 7) is 17.9. The van der Waals surface area contributed by atoms with Crippen LogP contribution in [0.1, 0.15) is 83.1 Å². The molecule has 0 aromatic carbocycles. The topological polar surface area (TPSA) is 155 Å². The molecule has 0 N–H and O–H groups in total. The molecule has 0 heterocycles. The van der Waals surface area contributed by atoms with Crippen LogP contribution in [0.4, 0.5) is 0 Å². The van der Waals surface area contributed by atoms with E-state index in [2.05, 4.69) is 0 Å². The van der Waals surface area contributed by atoms with E-state index in [1.807, 2.05) is 0 Å². The fraction of sp³-hybridized carbons (Fsp3) is 0.714. The van der Waals surface area contributed by atoms with E-state index in [0.717, 1.165) is 0 Å². The fourth-order valence-electron chi connectivity index (χ4n) is 4.01. The van der Waals surface area contributed by atoms with E-state index in [0.29, 0.717) is 0 Å². The second-order valence-electron chi connectivity index (χ2n) is 12.1. The number of Topliss-reactive ketones (excluding diaryl/α,β-unsaturated/α-hetero) is 6. The molecule has 10 nitrogen and oxygen atoms in total. The monoisotopic (exact) mass is 746 g/mol. The first-order valence-electron chi connectivity index (χ1n) is 13.0. The van der Waals surface area contributed by atoms with Crippen molar-refractivity contribution in [3.63, 3.8) is 0 Å². The maximum atomic E-state index is 13.0. The van der Waals surface area contributed by atoms with Gasteiger partial charge in [0, 0.05) is 0 Å². The number of ketones is 6. The zero-order chi connectivity index (χ0) is 31.2. The molecule has 0 spiro atoms. The van der Waals surface area contributed by atoms with Gasteiger partial charge in [0.2, 0.25) is 0 Å². The summed E-state index contributed by atoms with van der Waals surface area (Å²) in [6, 6.07) is 0. The first-order valence-corrected chi connectivity index (χ1v) is 16.1. The summed E-state index contributed by atoms with van der Waals surface area (Å²) in [4.78, 5) is 102. The molecule has 218 valence electrons. The van der Waals surface area contributed by atoms with E-state index in [4.69, 9.17) is 5.37 Å². The fourth-order valence-corrected chi connectivity index (χ4v) is 5.49. The van der Waals surface area contributed by atoms with Crippen molar-refractivity contribution >= 4 is 71.8 Å². The third kappa shape index (κ3) is 8.94. The van der Waals surface area contributed by atoms with Crippen LogP contribution in [0.15, 0.2) is 0 Å². The van der Waals surface area contributed by atoms with Crippen molar-refractivity contribution in [1.29, 1.82) is 0 Å². The van der Waals surface area contributed by atoms with Crippen LogP contribution < -0.4 is 0 Å². The van der Waals surface area contributed by atoms with Gasteiger partial charge < -0.3 is 0 Å². The first-order chi connectivity index (χ1) is 17.5. The first kappa shape index (κ1) is 36.9. The molecule has 11 heteroatoms. The van der Waals surface area contributed by atoms with Crippen molar-refractivity contribution in [2.24, 2.45) is 46.3 Å². The Hall–Kier alpha value is -2.12. The molecule has 0 amide bonds. The van der Waals surface area contributed by atoms with Crippen LogP contribution in [-0.4, -0.2) is 71.8 Å². The van der Waals surface area contributed by atoms with Crippen molar-refractivity contribution < 1.29 is 43.7 Å². The Morgan fingerprint density at radius 1 is 0.462 bits per heavy atom. The average molecular weight is 746 g/mol. The summed E-state index contributed by atoms with van der Waals surface area (Å²) in [7, 11) is 0. The van der Waals surface area contributed by atoms with Crippen molar-refractivity contribution in [2.45, 2.75) is 83.1 Å². The summed E-state index contributed by atoms with van der Waals surface area (Å²) >= 11 is -3.13. The third-order valence-corrected chi connectivity index (χ3v) is 8.76. The molecule has 0 aromatic heterocycles. The molecule has 0 saturated heterocycles. The number of rotatable bonds is 16. The summed E-state index contributed by atoms with van der Waals surface area (Å²) in [5.74, 6) is -11.9. The molecular formula is C28H42O10Pb. The van der Waals surface area contributed by atoms with Crippen LogP contribution in [-0.2, 0) is 43.7 Å². The van der Waals surface area contributed by atoms with Gasteiger partial charge in [-0.15, -0.1) is 0 Å². The van der Waals surface area contributed by atoms with E-state index in [1.165, 1.54) is 27.7 Å². The van der Waals surface area contributed by atoms with E-state index >= 15 is 0 Å². The SMILES string of the molecule is CC(C)C(=O)C(C(=O)C(C)C)C(C)(C)C(=O)C(=O)[O][Pb][O]C(=O)C(=O)C(C)(C)C(C(=O)C(C)C)C(=O)C(C)C. The zero-order valence-corrected chi connectivity index (χ0v) is 28.9. The molecule has 0 atom stereocenters. The molecule has 0 aliphatic rings. The van der Waals surface area contributed by atoms with Gasteiger partial charge in [0.25, 0.3) is 0 Å². The van der Waals surface area contributed by atoms with Crippen LogP contribution in [0.3, 0.4) is 0 Å². The van der Waals surface area contributed by atoms with Crippen LogP contribution in [0.5, 0.6) is 0 Å². The summed E-state index contributed by atoms with van der Waals surface area (Å²) < 4.78 is 9.88. The normalized spacial score (nSPS) is 12.4. The van der Waals surface area contributed by atoms with Gasteiger partial charge in [0.15, 0.2) is 0 Å². The second kappa shape index (κ2) is 14.5. The number of carbonyl (C=O) groups is 8. The molecule has 2 radical (unpaired) electrons. The van der Waals surface area contributed by atoms with Crippen molar-refractivity contribution in [2.75, 3.05) is 0 Å². The van der Waals surface area contributed by atoms with Crippen LogP contribution in [0, 0.1) is 46.3 Å². The molecule has 0 aliphatic carbocycles. The van der Waals surface area contributed by atoms with Gasteiger partial charge in [0.05, 0.1) is 0 Å². The Bertz CT molecular complexity index is 897. The summed E-state index contributed by atoms with van der Waals surface area (Å²) in [5, 5.41) is 0. The van der Waals surface area contributed by atoms with Gasteiger partial charge in [-0.2, -0.15) is 0 Å². The van der Waals surface area contributed by atoms with E-state index in [9.17, 15) is 38.4 Å². The van der Waals surface area contributed by atoms with Gasteiger partial charge in [-0.25, -0.2) is 0 Å². The van der Waals surface area contributed by atoms with Crippen LogP contribution in [0.2, 0.25) is 0 Å². The number of hydrogen-bond donors (Lipinski definition) is 0. The van der Waals surface area contributed by atoms with Crippen LogP contribution >= 0.6 is 0 Å². The summed E-state index contributed by atoms with van der Waals surface area (Å²) in [5.41, 5.74) is -3.43. The Balaban J connectivity index is 5.68. The minimum absolute atomic E-state index is 0.484. The maximum absolute atomic E-state index is 13.0. The molecule has 0 aromatic rings. The Labute approximate surface area is 244 Å². The standard InChI is InChI=1S/2C14H22O5.Pb/c2*1-7(2)10(15)9(11(16)8(3)4)14(5,6)12(17)13(18)19;/h2*7-9H,1-6H3,(H,18,19);/q;;+2/p-2. The van der Waals surface area contributed by atoms with Crippen molar-refractivity contribution in [3.8, 4) is 0 Å². The average Bonchev–Trinajstić information content (AvgIpc) is 2.81. The predicted molar refractivity (Wildman–Crippen MR) is 142 cm³/mol. The Morgan fingerprint density at radius 2 is 0.667 bits per heavy atom. The van der Waals surface area contributed by atoms with Gasteiger partial charge in [-0.3, -0.25) is 0 Å². The van der Waals surface area contributed by atoms with Crippen molar-refractivity contribution in [3.05, 3.63) is 0 Å². The molecule has 0 saturated carbocycles. The Kier molecular flexibility index (Phi) is 13.7. The van der Waals surface area contributed by atoms with Gasteiger partial charge >= 0.3 is 245 Å². The molecule has 39 heavy (non-hydrogen) atoms.